The molecule has 3 rings (SSSR count). The Bertz CT molecular complexity index is 1050. The van der Waals surface area contributed by atoms with E-state index in [2.05, 4.69) is 15.8 Å². The normalized spacial score (nSPS) is 16.6. The molecule has 1 aliphatic heterocycles. The van der Waals surface area contributed by atoms with Gasteiger partial charge in [0.15, 0.2) is 11.0 Å². The van der Waals surface area contributed by atoms with Gasteiger partial charge in [-0.1, -0.05) is 23.8 Å². The number of carbonyl (C=O) groups excluding carboxylic acids is 3. The SMILES string of the molecule is COc1cc(C)ccc1C(=O)N/N=C/[C@@H]1C(=O)NC(=S)N(c2ccc(C)cc2)C1=O. The summed E-state index contributed by atoms with van der Waals surface area (Å²) in [5, 5.41) is 6.29. The summed E-state index contributed by atoms with van der Waals surface area (Å²) in [5.41, 5.74) is 5.08. The monoisotopic (exact) mass is 424 g/mol. The number of nitrogens with zero attached hydrogens (tertiary/aromatic N) is 2. The van der Waals surface area contributed by atoms with Gasteiger partial charge in [-0.2, -0.15) is 5.10 Å². The number of ether oxygens (including phenoxy) is 1. The van der Waals surface area contributed by atoms with Gasteiger partial charge in [0.05, 0.1) is 18.4 Å². The molecule has 154 valence electrons. The molecule has 1 atom stereocenters. The predicted octanol–water partition coefficient (Wildman–Crippen LogP) is 2.09. The third-order valence-corrected chi connectivity index (χ3v) is 4.77. The molecule has 1 aliphatic rings. The van der Waals surface area contributed by atoms with Gasteiger partial charge in [0.1, 0.15) is 5.75 Å². The molecule has 0 unspecified atom stereocenters. The first-order valence-corrected chi connectivity index (χ1v) is 9.46. The van der Waals surface area contributed by atoms with E-state index in [-0.39, 0.29) is 10.7 Å². The van der Waals surface area contributed by atoms with Crippen molar-refractivity contribution in [2.24, 2.45) is 11.0 Å². The van der Waals surface area contributed by atoms with E-state index in [0.29, 0.717) is 11.4 Å². The largest absolute Gasteiger partial charge is 0.496 e. The van der Waals surface area contributed by atoms with Crippen molar-refractivity contribution in [2.75, 3.05) is 12.0 Å². The number of amides is 3. The maximum atomic E-state index is 12.9. The topological polar surface area (TPSA) is 100 Å². The van der Waals surface area contributed by atoms with Gasteiger partial charge in [0.25, 0.3) is 11.8 Å². The average molecular weight is 424 g/mol. The van der Waals surface area contributed by atoms with Crippen LogP contribution >= 0.6 is 12.2 Å². The highest BCUT2D eigenvalue weighted by atomic mass is 32.1. The Balaban J connectivity index is 1.76. The molecule has 0 aromatic heterocycles. The number of rotatable bonds is 5. The number of carbonyl (C=O) groups is 3. The molecule has 2 aromatic rings. The molecule has 0 spiro atoms. The first kappa shape index (κ1) is 21.1. The molecule has 2 N–H and O–H groups in total. The molecule has 1 fully saturated rings. The minimum absolute atomic E-state index is 0.00747. The van der Waals surface area contributed by atoms with Crippen molar-refractivity contribution in [3.63, 3.8) is 0 Å². The maximum Gasteiger partial charge on any atom is 0.275 e. The van der Waals surface area contributed by atoms with E-state index < -0.39 is 23.6 Å². The van der Waals surface area contributed by atoms with Gasteiger partial charge in [-0.25, -0.2) is 5.43 Å². The van der Waals surface area contributed by atoms with Gasteiger partial charge in [0, 0.05) is 6.21 Å². The number of methoxy groups -OCH3 is 1. The van der Waals surface area contributed by atoms with Crippen LogP contribution in [0, 0.1) is 19.8 Å². The van der Waals surface area contributed by atoms with Crippen LogP contribution in [0.25, 0.3) is 0 Å². The van der Waals surface area contributed by atoms with Crippen LogP contribution in [0.15, 0.2) is 47.6 Å². The summed E-state index contributed by atoms with van der Waals surface area (Å²) in [5.74, 6) is -2.54. The van der Waals surface area contributed by atoms with E-state index in [0.717, 1.165) is 17.3 Å². The number of benzene rings is 2. The Kier molecular flexibility index (Phi) is 6.22. The molecular formula is C21H20N4O4S. The van der Waals surface area contributed by atoms with E-state index in [4.69, 9.17) is 17.0 Å². The van der Waals surface area contributed by atoms with Crippen LogP contribution in [0.4, 0.5) is 5.69 Å². The lowest BCUT2D eigenvalue weighted by Crippen LogP contribution is -2.58. The van der Waals surface area contributed by atoms with Gasteiger partial charge in [-0.3, -0.25) is 19.3 Å². The fourth-order valence-corrected chi connectivity index (χ4v) is 3.17. The number of nitrogens with one attached hydrogen (secondary N) is 2. The number of hydrogen-bond donors (Lipinski definition) is 2. The smallest absolute Gasteiger partial charge is 0.275 e. The van der Waals surface area contributed by atoms with Gasteiger partial charge in [-0.15, -0.1) is 0 Å². The minimum atomic E-state index is -1.24. The summed E-state index contributed by atoms with van der Waals surface area (Å²) >= 11 is 5.15. The Hall–Kier alpha value is -3.59. The van der Waals surface area contributed by atoms with E-state index in [1.165, 1.54) is 12.0 Å². The Morgan fingerprint density at radius 1 is 1.17 bits per heavy atom. The molecule has 30 heavy (non-hydrogen) atoms. The Morgan fingerprint density at radius 3 is 2.50 bits per heavy atom. The van der Waals surface area contributed by atoms with Crippen LogP contribution in [0.3, 0.4) is 0 Å². The first-order chi connectivity index (χ1) is 14.3. The highest BCUT2D eigenvalue weighted by molar-refractivity contribution is 7.80. The molecule has 8 nitrogen and oxygen atoms in total. The molecule has 1 heterocycles. The number of thiocarbonyl (C=S) groups is 1. The Labute approximate surface area is 178 Å². The van der Waals surface area contributed by atoms with Crippen molar-refractivity contribution in [1.82, 2.24) is 10.7 Å². The molecule has 0 aliphatic carbocycles. The van der Waals surface area contributed by atoms with Crippen molar-refractivity contribution in [3.8, 4) is 5.75 Å². The fraction of sp³-hybridized carbons (Fsp3) is 0.190. The summed E-state index contributed by atoms with van der Waals surface area (Å²) in [6, 6.07) is 12.2. The summed E-state index contributed by atoms with van der Waals surface area (Å²) in [7, 11) is 1.46. The molecule has 2 aromatic carbocycles. The second kappa shape index (κ2) is 8.83. The van der Waals surface area contributed by atoms with Crippen LogP contribution in [-0.2, 0) is 9.59 Å². The summed E-state index contributed by atoms with van der Waals surface area (Å²) in [4.78, 5) is 38.8. The van der Waals surface area contributed by atoms with E-state index in [1.807, 2.05) is 26.0 Å². The lowest BCUT2D eigenvalue weighted by molar-refractivity contribution is -0.130. The van der Waals surface area contributed by atoms with Crippen molar-refractivity contribution >= 4 is 47.0 Å². The second-order valence-electron chi connectivity index (χ2n) is 6.70. The van der Waals surface area contributed by atoms with Crippen LogP contribution < -0.4 is 20.4 Å². The molecule has 0 radical (unpaired) electrons. The highest BCUT2D eigenvalue weighted by Crippen LogP contribution is 2.21. The standard InChI is InChI=1S/C21H20N4O4S/c1-12-4-7-14(8-5-12)25-20(28)16(18(26)23-21(25)30)11-22-24-19(27)15-9-6-13(2)10-17(15)29-3/h4-11,16H,1-3H3,(H,24,27)(H,23,26,30)/b22-11+/t16-/m1/s1. The fourth-order valence-electron chi connectivity index (χ4n) is 2.88. The summed E-state index contributed by atoms with van der Waals surface area (Å²) in [6.07, 6.45) is 1.08. The minimum Gasteiger partial charge on any atom is -0.496 e. The van der Waals surface area contributed by atoms with E-state index >= 15 is 0 Å². The molecule has 1 saturated heterocycles. The van der Waals surface area contributed by atoms with Gasteiger partial charge >= 0.3 is 0 Å². The zero-order valence-electron chi connectivity index (χ0n) is 16.6. The number of hydrazone groups is 1. The zero-order valence-corrected chi connectivity index (χ0v) is 17.4. The van der Waals surface area contributed by atoms with Crippen LogP contribution in [0.1, 0.15) is 21.5 Å². The average Bonchev–Trinajstić information content (AvgIpc) is 2.71. The number of anilines is 1. The second-order valence-corrected chi connectivity index (χ2v) is 7.09. The van der Waals surface area contributed by atoms with Gasteiger partial charge in [-0.05, 0) is 55.9 Å². The molecule has 9 heteroatoms. The lowest BCUT2D eigenvalue weighted by atomic mass is 10.1. The Morgan fingerprint density at radius 2 is 1.83 bits per heavy atom. The quantitative estimate of drug-likeness (QED) is 0.331. The van der Waals surface area contributed by atoms with Crippen molar-refractivity contribution in [1.29, 1.82) is 0 Å². The van der Waals surface area contributed by atoms with Crippen LogP contribution in [-0.4, -0.2) is 36.2 Å². The van der Waals surface area contributed by atoms with Crippen molar-refractivity contribution in [3.05, 3.63) is 59.2 Å². The van der Waals surface area contributed by atoms with Crippen LogP contribution in [0.5, 0.6) is 5.75 Å². The highest BCUT2D eigenvalue weighted by Gasteiger charge is 2.38. The number of aryl methyl sites for hydroxylation is 2. The van der Waals surface area contributed by atoms with E-state index in [1.54, 1.807) is 30.3 Å². The zero-order chi connectivity index (χ0) is 21.8. The molecule has 0 bridgehead atoms. The number of hydrogen-bond acceptors (Lipinski definition) is 6. The molecule has 0 saturated carbocycles. The summed E-state index contributed by atoms with van der Waals surface area (Å²) in [6.45, 7) is 3.79. The molecule has 3 amide bonds. The summed E-state index contributed by atoms with van der Waals surface area (Å²) < 4.78 is 5.21. The van der Waals surface area contributed by atoms with Gasteiger partial charge < -0.3 is 10.1 Å². The van der Waals surface area contributed by atoms with Gasteiger partial charge in [0.2, 0.25) is 5.91 Å². The first-order valence-electron chi connectivity index (χ1n) is 9.05. The van der Waals surface area contributed by atoms with Crippen molar-refractivity contribution < 1.29 is 19.1 Å². The third-order valence-electron chi connectivity index (χ3n) is 4.49. The van der Waals surface area contributed by atoms with Crippen LogP contribution in [0.2, 0.25) is 0 Å². The van der Waals surface area contributed by atoms with E-state index in [9.17, 15) is 14.4 Å². The third kappa shape index (κ3) is 4.36. The lowest BCUT2D eigenvalue weighted by Gasteiger charge is -2.30. The molecular weight excluding hydrogens is 404 g/mol. The van der Waals surface area contributed by atoms with Crippen molar-refractivity contribution in [2.45, 2.75) is 13.8 Å². The maximum absolute atomic E-state index is 12.9. The predicted molar refractivity (Wildman–Crippen MR) is 117 cm³/mol.